The van der Waals surface area contributed by atoms with Crippen molar-refractivity contribution in [3.63, 3.8) is 0 Å². The molecule has 0 unspecified atom stereocenters. The van der Waals surface area contributed by atoms with Crippen LogP contribution >= 0.6 is 15.9 Å². The Kier molecular flexibility index (Phi) is 3.95. The predicted molar refractivity (Wildman–Crippen MR) is 77.4 cm³/mol. The zero-order chi connectivity index (χ0) is 13.3. The third kappa shape index (κ3) is 2.86. The van der Waals surface area contributed by atoms with Crippen LogP contribution in [0.4, 0.5) is 5.69 Å². The van der Waals surface area contributed by atoms with E-state index >= 15 is 0 Å². The number of amides is 1. The molecule has 1 fully saturated rings. The minimum atomic E-state index is 0.0904. The van der Waals surface area contributed by atoms with E-state index in [4.69, 9.17) is 5.73 Å². The van der Waals surface area contributed by atoms with Crippen molar-refractivity contribution in [1.82, 2.24) is 4.90 Å². The summed E-state index contributed by atoms with van der Waals surface area (Å²) in [5, 5.41) is 0. The van der Waals surface area contributed by atoms with Crippen LogP contribution in [0.1, 0.15) is 30.6 Å². The highest BCUT2D eigenvalue weighted by atomic mass is 79.9. The molecule has 1 aromatic rings. The van der Waals surface area contributed by atoms with Crippen molar-refractivity contribution in [2.45, 2.75) is 20.3 Å². The maximum absolute atomic E-state index is 12.4. The van der Waals surface area contributed by atoms with E-state index in [-0.39, 0.29) is 5.91 Å². The molecule has 2 atom stereocenters. The molecule has 1 aromatic carbocycles. The first-order chi connectivity index (χ1) is 8.47. The molecule has 0 saturated carbocycles. The fraction of sp³-hybridized carbons (Fsp3) is 0.500. The number of benzene rings is 1. The number of rotatable bonds is 1. The first kappa shape index (κ1) is 13.4. The van der Waals surface area contributed by atoms with E-state index in [1.165, 1.54) is 6.42 Å². The fourth-order valence-electron chi connectivity index (χ4n) is 2.69. The average molecular weight is 311 g/mol. The highest BCUT2D eigenvalue weighted by Crippen LogP contribution is 2.25. The summed E-state index contributed by atoms with van der Waals surface area (Å²) in [6.07, 6.45) is 1.20. The highest BCUT2D eigenvalue weighted by molar-refractivity contribution is 9.10. The number of nitrogen functional groups attached to an aromatic ring is 1. The molecule has 1 aliphatic heterocycles. The molecule has 1 heterocycles. The van der Waals surface area contributed by atoms with Crippen LogP contribution < -0.4 is 5.73 Å². The van der Waals surface area contributed by atoms with Crippen molar-refractivity contribution in [3.05, 3.63) is 28.2 Å². The van der Waals surface area contributed by atoms with Crippen LogP contribution in [-0.4, -0.2) is 23.9 Å². The van der Waals surface area contributed by atoms with Crippen molar-refractivity contribution in [1.29, 1.82) is 0 Å². The lowest BCUT2D eigenvalue weighted by Crippen LogP contribution is -2.42. The Bertz CT molecular complexity index is 451. The van der Waals surface area contributed by atoms with Crippen LogP contribution in [0.2, 0.25) is 0 Å². The van der Waals surface area contributed by atoms with E-state index in [1.807, 2.05) is 17.0 Å². The number of piperidine rings is 1. The molecule has 1 amide bonds. The van der Waals surface area contributed by atoms with Crippen LogP contribution in [0.15, 0.2) is 22.7 Å². The predicted octanol–water partition coefficient (Wildman–Crippen LogP) is 3.15. The summed E-state index contributed by atoms with van der Waals surface area (Å²) >= 11 is 3.34. The normalized spacial score (nSPS) is 24.1. The first-order valence-electron chi connectivity index (χ1n) is 6.31. The molecule has 98 valence electrons. The van der Waals surface area contributed by atoms with Gasteiger partial charge in [0.15, 0.2) is 0 Å². The number of nitrogens with two attached hydrogens (primary N) is 1. The molecule has 2 N–H and O–H groups in total. The lowest BCUT2D eigenvalue weighted by atomic mass is 9.91. The molecule has 2 rings (SSSR count). The van der Waals surface area contributed by atoms with Gasteiger partial charge in [0.1, 0.15) is 0 Å². The molecule has 18 heavy (non-hydrogen) atoms. The lowest BCUT2D eigenvalue weighted by Gasteiger charge is -2.35. The smallest absolute Gasteiger partial charge is 0.253 e. The number of anilines is 1. The van der Waals surface area contributed by atoms with Crippen LogP contribution in [0.25, 0.3) is 0 Å². The average Bonchev–Trinajstić information content (AvgIpc) is 2.30. The zero-order valence-corrected chi connectivity index (χ0v) is 12.4. The van der Waals surface area contributed by atoms with Gasteiger partial charge in [-0.2, -0.15) is 0 Å². The molecular formula is C14H19BrN2O. The Morgan fingerprint density at radius 1 is 1.33 bits per heavy atom. The van der Waals surface area contributed by atoms with Gasteiger partial charge in [-0.1, -0.05) is 13.8 Å². The van der Waals surface area contributed by atoms with Gasteiger partial charge in [-0.3, -0.25) is 4.79 Å². The van der Waals surface area contributed by atoms with Crippen LogP contribution in [-0.2, 0) is 0 Å². The summed E-state index contributed by atoms with van der Waals surface area (Å²) in [4.78, 5) is 14.4. The highest BCUT2D eigenvalue weighted by Gasteiger charge is 2.26. The monoisotopic (exact) mass is 310 g/mol. The Balaban J connectivity index is 2.17. The summed E-state index contributed by atoms with van der Waals surface area (Å²) in [5.41, 5.74) is 7.11. The van der Waals surface area contributed by atoms with Gasteiger partial charge < -0.3 is 10.6 Å². The largest absolute Gasteiger partial charge is 0.398 e. The summed E-state index contributed by atoms with van der Waals surface area (Å²) in [6.45, 7) is 6.09. The molecule has 3 nitrogen and oxygen atoms in total. The molecule has 0 radical (unpaired) electrons. The molecule has 0 aliphatic carbocycles. The molecule has 0 aromatic heterocycles. The maximum Gasteiger partial charge on any atom is 0.253 e. The quantitative estimate of drug-likeness (QED) is 0.810. The second kappa shape index (κ2) is 5.31. The van der Waals surface area contributed by atoms with Gasteiger partial charge in [0, 0.05) is 28.8 Å². The van der Waals surface area contributed by atoms with Gasteiger partial charge in [0.2, 0.25) is 0 Å². The summed E-state index contributed by atoms with van der Waals surface area (Å²) in [6, 6.07) is 5.41. The second-order valence-corrected chi connectivity index (χ2v) is 6.25. The Morgan fingerprint density at radius 2 is 1.94 bits per heavy atom. The number of nitrogens with zero attached hydrogens (tertiary/aromatic N) is 1. The zero-order valence-electron chi connectivity index (χ0n) is 10.8. The van der Waals surface area contributed by atoms with Gasteiger partial charge in [0.25, 0.3) is 5.91 Å². The Hall–Kier alpha value is -1.03. The molecule has 1 aliphatic rings. The number of carbonyl (C=O) groups is 1. The minimum absolute atomic E-state index is 0.0904. The fourth-order valence-corrected chi connectivity index (χ4v) is 2.93. The van der Waals surface area contributed by atoms with Crippen molar-refractivity contribution in [3.8, 4) is 0 Å². The molecule has 0 bridgehead atoms. The molecular weight excluding hydrogens is 292 g/mol. The van der Waals surface area contributed by atoms with Crippen molar-refractivity contribution in [2.24, 2.45) is 11.8 Å². The second-order valence-electron chi connectivity index (χ2n) is 5.39. The van der Waals surface area contributed by atoms with E-state index in [9.17, 15) is 4.79 Å². The number of hydrogen-bond acceptors (Lipinski definition) is 2. The topological polar surface area (TPSA) is 46.3 Å². The van der Waals surface area contributed by atoms with Crippen LogP contribution in [0.3, 0.4) is 0 Å². The number of likely N-dealkylation sites (tertiary alicyclic amines) is 1. The van der Waals surface area contributed by atoms with E-state index in [1.54, 1.807) is 6.07 Å². The maximum atomic E-state index is 12.4. The number of hydrogen-bond donors (Lipinski definition) is 1. The van der Waals surface area contributed by atoms with E-state index < -0.39 is 0 Å². The van der Waals surface area contributed by atoms with Crippen LogP contribution in [0, 0.1) is 11.8 Å². The van der Waals surface area contributed by atoms with Gasteiger partial charge in [-0.25, -0.2) is 0 Å². The van der Waals surface area contributed by atoms with E-state index in [2.05, 4.69) is 29.8 Å². The Labute approximate surface area is 116 Å². The van der Waals surface area contributed by atoms with E-state index in [0.717, 1.165) is 17.6 Å². The summed E-state index contributed by atoms with van der Waals surface area (Å²) in [7, 11) is 0. The van der Waals surface area contributed by atoms with Gasteiger partial charge >= 0.3 is 0 Å². The first-order valence-corrected chi connectivity index (χ1v) is 7.11. The minimum Gasteiger partial charge on any atom is -0.398 e. The van der Waals surface area contributed by atoms with E-state index in [0.29, 0.717) is 23.1 Å². The lowest BCUT2D eigenvalue weighted by molar-refractivity contribution is 0.0623. The van der Waals surface area contributed by atoms with Gasteiger partial charge in [-0.05, 0) is 52.4 Å². The molecule has 4 heteroatoms. The number of halogens is 1. The van der Waals surface area contributed by atoms with Crippen molar-refractivity contribution < 1.29 is 4.79 Å². The molecule has 0 spiro atoms. The standard InChI is InChI=1S/C14H19BrN2O/c1-9-5-10(2)8-17(7-9)14(18)11-3-4-12(15)13(16)6-11/h3-4,6,9-10H,5,7-8,16H2,1-2H3/t9-,10+. The summed E-state index contributed by atoms with van der Waals surface area (Å²) < 4.78 is 0.833. The van der Waals surface area contributed by atoms with Gasteiger partial charge in [0.05, 0.1) is 0 Å². The Morgan fingerprint density at radius 3 is 2.50 bits per heavy atom. The van der Waals surface area contributed by atoms with Crippen molar-refractivity contribution >= 4 is 27.5 Å². The SMILES string of the molecule is C[C@@H]1C[C@H](C)CN(C(=O)c2ccc(Br)c(N)c2)C1. The van der Waals surface area contributed by atoms with Gasteiger partial charge in [-0.15, -0.1) is 0 Å². The van der Waals surface area contributed by atoms with Crippen molar-refractivity contribution in [2.75, 3.05) is 18.8 Å². The third-order valence-electron chi connectivity index (χ3n) is 3.40. The van der Waals surface area contributed by atoms with Crippen LogP contribution in [0.5, 0.6) is 0 Å². The summed E-state index contributed by atoms with van der Waals surface area (Å²) in [5.74, 6) is 1.24. The molecule has 1 saturated heterocycles. The third-order valence-corrected chi connectivity index (χ3v) is 4.12. The number of carbonyl (C=O) groups excluding carboxylic acids is 1.